The molecule has 19 heavy (non-hydrogen) atoms. The second kappa shape index (κ2) is 6.88. The van der Waals surface area contributed by atoms with Gasteiger partial charge in [-0.05, 0) is 33.6 Å². The number of amides is 1. The Morgan fingerprint density at radius 3 is 3.00 bits per heavy atom. The second-order valence-corrected chi connectivity index (χ2v) is 4.98. The van der Waals surface area contributed by atoms with Crippen LogP contribution >= 0.6 is 15.9 Å². The Hall–Kier alpha value is -1.11. The quantitative estimate of drug-likeness (QED) is 0.909. The van der Waals surface area contributed by atoms with Gasteiger partial charge in [-0.15, -0.1) is 0 Å². The summed E-state index contributed by atoms with van der Waals surface area (Å²) in [4.78, 5) is 11.8. The summed E-state index contributed by atoms with van der Waals surface area (Å²) in [6.07, 6.45) is -0.504. The van der Waals surface area contributed by atoms with Crippen molar-refractivity contribution in [2.24, 2.45) is 0 Å². The molecule has 0 aromatic heterocycles. The normalized spacial score (nSPS) is 18.9. The Morgan fingerprint density at radius 2 is 2.37 bits per heavy atom. The third kappa shape index (κ3) is 3.92. The summed E-state index contributed by atoms with van der Waals surface area (Å²) >= 11 is 3.41. The molecule has 1 heterocycles. The lowest BCUT2D eigenvalue weighted by atomic mass is 10.2. The molecule has 1 unspecified atom stereocenters. The fourth-order valence-electron chi connectivity index (χ4n) is 1.76. The van der Waals surface area contributed by atoms with Crippen LogP contribution in [0.3, 0.4) is 0 Å². The summed E-state index contributed by atoms with van der Waals surface area (Å²) < 4.78 is 16.5. The average molecular weight is 330 g/mol. The van der Waals surface area contributed by atoms with E-state index in [0.717, 1.165) is 15.8 Å². The Balaban J connectivity index is 1.87. The number of carbonyl (C=O) groups is 1. The maximum atomic E-state index is 11.8. The Bertz CT molecular complexity index is 446. The molecule has 1 amide bonds. The van der Waals surface area contributed by atoms with Crippen molar-refractivity contribution in [1.82, 2.24) is 5.32 Å². The molecule has 0 saturated carbocycles. The highest BCUT2D eigenvalue weighted by Crippen LogP contribution is 2.25. The number of hydrogen-bond acceptors (Lipinski definition) is 4. The van der Waals surface area contributed by atoms with Crippen molar-refractivity contribution in [3.05, 3.63) is 28.2 Å². The van der Waals surface area contributed by atoms with E-state index in [1.807, 2.05) is 18.2 Å². The zero-order chi connectivity index (χ0) is 13.7. The molecule has 1 fully saturated rings. The molecular formula is C13H16BrNO4. The lowest BCUT2D eigenvalue weighted by Crippen LogP contribution is -2.42. The monoisotopic (exact) mass is 329 g/mol. The van der Waals surface area contributed by atoms with E-state index in [1.54, 1.807) is 7.11 Å². The summed E-state index contributed by atoms with van der Waals surface area (Å²) in [5.41, 5.74) is 0.984. The fraction of sp³-hybridized carbons (Fsp3) is 0.462. The molecule has 1 aromatic rings. The molecular weight excluding hydrogens is 314 g/mol. The van der Waals surface area contributed by atoms with Crippen molar-refractivity contribution in [2.45, 2.75) is 12.6 Å². The number of ether oxygens (including phenoxy) is 3. The zero-order valence-electron chi connectivity index (χ0n) is 10.6. The molecule has 6 heteroatoms. The first kappa shape index (κ1) is 14.3. The highest BCUT2D eigenvalue weighted by atomic mass is 79.9. The van der Waals surface area contributed by atoms with Crippen molar-refractivity contribution >= 4 is 21.8 Å². The number of carbonyl (C=O) groups excluding carboxylic acids is 1. The standard InChI is InChI=1S/C13H16BrNO4/c1-17-11-3-2-9(6-10(11)14)7-15-13(16)12-8-18-4-5-19-12/h2-3,6,12H,4-5,7-8H2,1H3,(H,15,16). The van der Waals surface area contributed by atoms with Crippen molar-refractivity contribution in [3.63, 3.8) is 0 Å². The second-order valence-electron chi connectivity index (χ2n) is 4.12. The molecule has 0 radical (unpaired) electrons. The van der Waals surface area contributed by atoms with Crippen LogP contribution in [0.4, 0.5) is 0 Å². The Kier molecular flexibility index (Phi) is 5.18. The molecule has 1 N–H and O–H groups in total. The largest absolute Gasteiger partial charge is 0.496 e. The molecule has 0 aliphatic carbocycles. The predicted molar refractivity (Wildman–Crippen MR) is 73.1 cm³/mol. The minimum Gasteiger partial charge on any atom is -0.496 e. The minimum atomic E-state index is -0.504. The molecule has 1 aromatic carbocycles. The third-order valence-corrected chi connectivity index (χ3v) is 3.41. The van der Waals surface area contributed by atoms with E-state index in [-0.39, 0.29) is 5.91 Å². The van der Waals surface area contributed by atoms with Gasteiger partial charge in [0.15, 0.2) is 6.10 Å². The predicted octanol–water partition coefficient (Wildman–Crippen LogP) is 1.49. The van der Waals surface area contributed by atoms with Crippen LogP contribution in [0.2, 0.25) is 0 Å². The van der Waals surface area contributed by atoms with Crippen molar-refractivity contribution in [3.8, 4) is 5.75 Å². The number of rotatable bonds is 4. The van der Waals surface area contributed by atoms with E-state index in [4.69, 9.17) is 14.2 Å². The lowest BCUT2D eigenvalue weighted by Gasteiger charge is -2.22. The van der Waals surface area contributed by atoms with Gasteiger partial charge in [-0.3, -0.25) is 4.79 Å². The van der Waals surface area contributed by atoms with Crippen molar-refractivity contribution < 1.29 is 19.0 Å². The maximum Gasteiger partial charge on any atom is 0.251 e. The minimum absolute atomic E-state index is 0.147. The van der Waals surface area contributed by atoms with Crippen LogP contribution in [-0.2, 0) is 20.8 Å². The lowest BCUT2D eigenvalue weighted by molar-refractivity contribution is -0.147. The van der Waals surface area contributed by atoms with Crippen LogP contribution in [-0.4, -0.2) is 38.9 Å². The van der Waals surface area contributed by atoms with E-state index in [0.29, 0.717) is 26.4 Å². The fourth-order valence-corrected chi connectivity index (χ4v) is 2.35. The van der Waals surface area contributed by atoms with Crippen LogP contribution in [0.5, 0.6) is 5.75 Å². The number of hydrogen-bond donors (Lipinski definition) is 1. The van der Waals surface area contributed by atoms with Gasteiger partial charge in [0.25, 0.3) is 5.91 Å². The van der Waals surface area contributed by atoms with Crippen molar-refractivity contribution in [1.29, 1.82) is 0 Å². The molecule has 1 atom stereocenters. The summed E-state index contributed by atoms with van der Waals surface area (Å²) in [6, 6.07) is 5.67. The third-order valence-electron chi connectivity index (χ3n) is 2.79. The molecule has 1 aliphatic heterocycles. The van der Waals surface area contributed by atoms with Gasteiger partial charge in [0.2, 0.25) is 0 Å². The highest BCUT2D eigenvalue weighted by molar-refractivity contribution is 9.10. The number of halogens is 1. The van der Waals surface area contributed by atoms with Gasteiger partial charge >= 0.3 is 0 Å². The van der Waals surface area contributed by atoms with Gasteiger partial charge < -0.3 is 19.5 Å². The summed E-state index contributed by atoms with van der Waals surface area (Å²) in [5.74, 6) is 0.616. The van der Waals surface area contributed by atoms with E-state index < -0.39 is 6.10 Å². The van der Waals surface area contributed by atoms with Gasteiger partial charge in [-0.25, -0.2) is 0 Å². The first-order chi connectivity index (χ1) is 9.20. The van der Waals surface area contributed by atoms with Gasteiger partial charge in [0, 0.05) is 6.54 Å². The zero-order valence-corrected chi connectivity index (χ0v) is 12.2. The SMILES string of the molecule is COc1ccc(CNC(=O)C2COCCO2)cc1Br. The maximum absolute atomic E-state index is 11.8. The van der Waals surface area contributed by atoms with Crippen LogP contribution in [0.25, 0.3) is 0 Å². The van der Waals surface area contributed by atoms with Gasteiger partial charge in [0.1, 0.15) is 5.75 Å². The number of benzene rings is 1. The molecule has 104 valence electrons. The summed E-state index contributed by atoms with van der Waals surface area (Å²) in [6.45, 7) is 1.78. The molecule has 0 bridgehead atoms. The average Bonchev–Trinajstić information content (AvgIpc) is 2.46. The van der Waals surface area contributed by atoms with E-state index in [2.05, 4.69) is 21.2 Å². The van der Waals surface area contributed by atoms with E-state index in [9.17, 15) is 4.79 Å². The molecule has 0 spiro atoms. The highest BCUT2D eigenvalue weighted by Gasteiger charge is 2.22. The van der Waals surface area contributed by atoms with Crippen LogP contribution in [0, 0.1) is 0 Å². The smallest absolute Gasteiger partial charge is 0.251 e. The van der Waals surface area contributed by atoms with Gasteiger partial charge in [-0.1, -0.05) is 6.07 Å². The first-order valence-electron chi connectivity index (χ1n) is 6.00. The molecule has 1 aliphatic rings. The van der Waals surface area contributed by atoms with Crippen LogP contribution < -0.4 is 10.1 Å². The number of methoxy groups -OCH3 is 1. The summed E-state index contributed by atoms with van der Waals surface area (Å²) in [7, 11) is 1.61. The Labute approximate surface area is 120 Å². The molecule has 5 nitrogen and oxygen atoms in total. The van der Waals surface area contributed by atoms with Gasteiger partial charge in [0.05, 0.1) is 31.4 Å². The number of nitrogens with one attached hydrogen (secondary N) is 1. The van der Waals surface area contributed by atoms with Crippen LogP contribution in [0.1, 0.15) is 5.56 Å². The van der Waals surface area contributed by atoms with Gasteiger partial charge in [-0.2, -0.15) is 0 Å². The summed E-state index contributed by atoms with van der Waals surface area (Å²) in [5, 5.41) is 2.83. The van der Waals surface area contributed by atoms with Crippen LogP contribution in [0.15, 0.2) is 22.7 Å². The van der Waals surface area contributed by atoms with E-state index >= 15 is 0 Å². The van der Waals surface area contributed by atoms with E-state index in [1.165, 1.54) is 0 Å². The van der Waals surface area contributed by atoms with Crippen molar-refractivity contribution in [2.75, 3.05) is 26.9 Å². The molecule has 1 saturated heterocycles. The first-order valence-corrected chi connectivity index (χ1v) is 6.79. The molecule has 2 rings (SSSR count). The Morgan fingerprint density at radius 1 is 1.53 bits per heavy atom. The topological polar surface area (TPSA) is 56.8 Å².